The van der Waals surface area contributed by atoms with E-state index in [0.717, 1.165) is 37.9 Å². The summed E-state index contributed by atoms with van der Waals surface area (Å²) in [4.78, 5) is 11.6. The lowest BCUT2D eigenvalue weighted by molar-refractivity contribution is 0.0963. The van der Waals surface area contributed by atoms with E-state index in [1.165, 1.54) is 0 Å². The van der Waals surface area contributed by atoms with Crippen LogP contribution in [0.25, 0.3) is 0 Å². The zero-order chi connectivity index (χ0) is 14.5. The molecule has 0 bridgehead atoms. The molecule has 0 spiro atoms. The van der Waals surface area contributed by atoms with Gasteiger partial charge in [0, 0.05) is 19.2 Å². The minimum absolute atomic E-state index is 0.117. The zero-order valence-corrected chi connectivity index (χ0v) is 11.9. The van der Waals surface area contributed by atoms with Gasteiger partial charge in [-0.25, -0.2) is 0 Å². The Morgan fingerprint density at radius 2 is 2.05 bits per heavy atom. The number of benzene rings is 1. The van der Waals surface area contributed by atoms with Crippen LogP contribution >= 0.6 is 0 Å². The first-order valence-electron chi connectivity index (χ1n) is 7.13. The third-order valence-corrected chi connectivity index (χ3v) is 3.94. The Labute approximate surface area is 119 Å². The van der Waals surface area contributed by atoms with E-state index < -0.39 is 0 Å². The van der Waals surface area contributed by atoms with E-state index in [1.54, 1.807) is 25.2 Å². The molecule has 0 atom stereocenters. The average molecular weight is 277 g/mol. The molecule has 0 unspecified atom stereocenters. The molecule has 1 aliphatic carbocycles. The minimum atomic E-state index is -0.132. The highest BCUT2D eigenvalue weighted by atomic mass is 16.3. The average Bonchev–Trinajstić information content (AvgIpc) is 2.47. The van der Waals surface area contributed by atoms with Crippen LogP contribution in [0.2, 0.25) is 0 Å². The number of anilines is 2. The SMILES string of the molecule is CNC(=O)c1ccc(N)c(NCC2CCC(O)CC2)c1. The predicted octanol–water partition coefficient (Wildman–Crippen LogP) is 1.59. The maximum Gasteiger partial charge on any atom is 0.251 e. The maximum atomic E-state index is 11.6. The van der Waals surface area contributed by atoms with E-state index in [-0.39, 0.29) is 12.0 Å². The molecule has 5 heteroatoms. The second-order valence-corrected chi connectivity index (χ2v) is 5.44. The summed E-state index contributed by atoms with van der Waals surface area (Å²) < 4.78 is 0. The van der Waals surface area contributed by atoms with Crippen molar-refractivity contribution in [3.63, 3.8) is 0 Å². The second-order valence-electron chi connectivity index (χ2n) is 5.44. The number of aliphatic hydroxyl groups is 1. The summed E-state index contributed by atoms with van der Waals surface area (Å²) in [5, 5.41) is 15.4. The molecule has 1 saturated carbocycles. The number of hydrogen-bond acceptors (Lipinski definition) is 4. The van der Waals surface area contributed by atoms with Crippen LogP contribution in [0, 0.1) is 5.92 Å². The van der Waals surface area contributed by atoms with Gasteiger partial charge >= 0.3 is 0 Å². The fourth-order valence-corrected chi connectivity index (χ4v) is 2.60. The van der Waals surface area contributed by atoms with E-state index in [9.17, 15) is 9.90 Å². The third-order valence-electron chi connectivity index (χ3n) is 3.94. The van der Waals surface area contributed by atoms with Crippen molar-refractivity contribution >= 4 is 17.3 Å². The Morgan fingerprint density at radius 1 is 1.35 bits per heavy atom. The lowest BCUT2D eigenvalue weighted by atomic mass is 9.87. The van der Waals surface area contributed by atoms with Gasteiger partial charge in [-0.15, -0.1) is 0 Å². The topological polar surface area (TPSA) is 87.4 Å². The van der Waals surface area contributed by atoms with Gasteiger partial charge in [0.2, 0.25) is 0 Å². The number of nitrogens with two attached hydrogens (primary N) is 1. The van der Waals surface area contributed by atoms with E-state index in [4.69, 9.17) is 5.73 Å². The maximum absolute atomic E-state index is 11.6. The summed E-state index contributed by atoms with van der Waals surface area (Å²) in [7, 11) is 1.61. The van der Waals surface area contributed by atoms with E-state index in [1.807, 2.05) is 0 Å². The molecule has 1 aromatic carbocycles. The van der Waals surface area contributed by atoms with E-state index in [2.05, 4.69) is 10.6 Å². The number of nitrogens with one attached hydrogen (secondary N) is 2. The van der Waals surface area contributed by atoms with Crippen molar-refractivity contribution in [2.75, 3.05) is 24.6 Å². The summed E-state index contributed by atoms with van der Waals surface area (Å²) >= 11 is 0. The number of carbonyl (C=O) groups is 1. The Balaban J connectivity index is 1.96. The van der Waals surface area contributed by atoms with Gasteiger partial charge in [-0.05, 0) is 49.8 Å². The number of nitrogen functional groups attached to an aromatic ring is 1. The molecule has 0 aliphatic heterocycles. The Morgan fingerprint density at radius 3 is 2.70 bits per heavy atom. The van der Waals surface area contributed by atoms with Crippen LogP contribution in [-0.2, 0) is 0 Å². The van der Waals surface area contributed by atoms with Gasteiger partial charge in [-0.3, -0.25) is 4.79 Å². The van der Waals surface area contributed by atoms with Crippen LogP contribution in [0.4, 0.5) is 11.4 Å². The zero-order valence-electron chi connectivity index (χ0n) is 11.9. The molecule has 0 saturated heterocycles. The van der Waals surface area contributed by atoms with Crippen molar-refractivity contribution in [1.82, 2.24) is 5.32 Å². The Hall–Kier alpha value is -1.75. The highest BCUT2D eigenvalue weighted by Crippen LogP contribution is 2.26. The standard InChI is InChI=1S/C15H23N3O2/c1-17-15(20)11-4-7-13(16)14(8-11)18-9-10-2-5-12(19)6-3-10/h4,7-8,10,12,18-19H,2-3,5-6,9,16H2,1H3,(H,17,20). The molecule has 110 valence electrons. The molecule has 20 heavy (non-hydrogen) atoms. The van der Waals surface area contributed by atoms with Crippen LogP contribution in [0.5, 0.6) is 0 Å². The second kappa shape index (κ2) is 6.61. The van der Waals surface area contributed by atoms with Crippen LogP contribution in [0.15, 0.2) is 18.2 Å². The van der Waals surface area contributed by atoms with Crippen LogP contribution < -0.4 is 16.4 Å². The number of aliphatic hydroxyl groups excluding tert-OH is 1. The van der Waals surface area contributed by atoms with Gasteiger partial charge < -0.3 is 21.5 Å². The number of hydrogen-bond donors (Lipinski definition) is 4. The number of amides is 1. The van der Waals surface area contributed by atoms with Crippen LogP contribution in [-0.4, -0.2) is 30.7 Å². The van der Waals surface area contributed by atoms with Crippen molar-refractivity contribution in [3.05, 3.63) is 23.8 Å². The van der Waals surface area contributed by atoms with Gasteiger partial charge in [-0.2, -0.15) is 0 Å². The summed E-state index contributed by atoms with van der Waals surface area (Å²) in [6.07, 6.45) is 3.68. The van der Waals surface area contributed by atoms with E-state index in [0.29, 0.717) is 17.2 Å². The predicted molar refractivity (Wildman–Crippen MR) is 80.7 cm³/mol. The first kappa shape index (κ1) is 14.7. The fraction of sp³-hybridized carbons (Fsp3) is 0.533. The van der Waals surface area contributed by atoms with Gasteiger partial charge in [0.1, 0.15) is 0 Å². The summed E-state index contributed by atoms with van der Waals surface area (Å²) in [6, 6.07) is 5.25. The van der Waals surface area contributed by atoms with Crippen molar-refractivity contribution in [2.45, 2.75) is 31.8 Å². The molecule has 0 aromatic heterocycles. The lowest BCUT2D eigenvalue weighted by Crippen LogP contribution is -2.24. The Bertz CT molecular complexity index is 468. The molecule has 1 amide bonds. The molecule has 1 aliphatic rings. The number of carbonyl (C=O) groups excluding carboxylic acids is 1. The van der Waals surface area contributed by atoms with Gasteiger partial charge in [0.15, 0.2) is 0 Å². The highest BCUT2D eigenvalue weighted by molar-refractivity contribution is 5.96. The van der Waals surface area contributed by atoms with Gasteiger partial charge in [0.05, 0.1) is 17.5 Å². The smallest absolute Gasteiger partial charge is 0.251 e. The molecule has 1 fully saturated rings. The normalized spacial score (nSPS) is 22.3. The van der Waals surface area contributed by atoms with Crippen molar-refractivity contribution < 1.29 is 9.90 Å². The molecule has 1 aromatic rings. The molecular weight excluding hydrogens is 254 g/mol. The van der Waals surface area contributed by atoms with Crippen molar-refractivity contribution in [2.24, 2.45) is 5.92 Å². The van der Waals surface area contributed by atoms with Crippen molar-refractivity contribution in [1.29, 1.82) is 0 Å². The van der Waals surface area contributed by atoms with E-state index >= 15 is 0 Å². The summed E-state index contributed by atoms with van der Waals surface area (Å²) in [6.45, 7) is 0.827. The summed E-state index contributed by atoms with van der Waals surface area (Å²) in [5.41, 5.74) is 7.98. The molecule has 2 rings (SSSR count). The fourth-order valence-electron chi connectivity index (χ4n) is 2.60. The van der Waals surface area contributed by atoms with Gasteiger partial charge in [0.25, 0.3) is 5.91 Å². The largest absolute Gasteiger partial charge is 0.397 e. The first-order chi connectivity index (χ1) is 9.60. The van der Waals surface area contributed by atoms with Crippen LogP contribution in [0.1, 0.15) is 36.0 Å². The van der Waals surface area contributed by atoms with Crippen LogP contribution in [0.3, 0.4) is 0 Å². The molecular formula is C15H23N3O2. The molecule has 5 nitrogen and oxygen atoms in total. The molecule has 5 N–H and O–H groups in total. The minimum Gasteiger partial charge on any atom is -0.397 e. The molecule has 0 heterocycles. The highest BCUT2D eigenvalue weighted by Gasteiger charge is 2.19. The quantitative estimate of drug-likeness (QED) is 0.629. The van der Waals surface area contributed by atoms with Gasteiger partial charge in [-0.1, -0.05) is 0 Å². The first-order valence-corrected chi connectivity index (χ1v) is 7.13. The monoisotopic (exact) mass is 277 g/mol. The molecule has 0 radical (unpaired) electrons. The summed E-state index contributed by atoms with van der Waals surface area (Å²) in [5.74, 6) is 0.440. The number of rotatable bonds is 4. The van der Waals surface area contributed by atoms with Crippen molar-refractivity contribution in [3.8, 4) is 0 Å². The lowest BCUT2D eigenvalue weighted by Gasteiger charge is -2.26. The Kier molecular flexibility index (Phi) is 4.84. The third kappa shape index (κ3) is 3.63.